The Bertz CT molecular complexity index is 325. The van der Waals surface area contributed by atoms with Crippen LogP contribution >= 0.6 is 0 Å². The lowest BCUT2D eigenvalue weighted by Gasteiger charge is -2.30. The molecule has 7 heteroatoms. The van der Waals surface area contributed by atoms with Crippen LogP contribution in [0.2, 0.25) is 0 Å². The molecule has 0 radical (unpaired) electrons. The van der Waals surface area contributed by atoms with E-state index in [-0.39, 0.29) is 13.2 Å². The lowest BCUT2D eigenvalue weighted by Crippen LogP contribution is -2.52. The first-order chi connectivity index (χ1) is 7.54. The fourth-order valence-electron chi connectivity index (χ4n) is 1.25. The van der Waals surface area contributed by atoms with Gasteiger partial charge in [0, 0.05) is 6.54 Å². The molecule has 1 unspecified atom stereocenters. The van der Waals surface area contributed by atoms with Crippen molar-refractivity contribution in [1.29, 1.82) is 5.26 Å². The quantitative estimate of drug-likeness (QED) is 0.655. The summed E-state index contributed by atoms with van der Waals surface area (Å²) < 4.78 is 5.06. The number of hydrogen-bond acceptors (Lipinski definition) is 4. The summed E-state index contributed by atoms with van der Waals surface area (Å²) in [6.45, 7) is 2.18. The highest BCUT2D eigenvalue weighted by atomic mass is 16.5. The van der Waals surface area contributed by atoms with Crippen molar-refractivity contribution < 1.29 is 19.4 Å². The van der Waals surface area contributed by atoms with Crippen molar-refractivity contribution in [3.8, 4) is 6.07 Å². The maximum Gasteiger partial charge on any atom is 0.325 e. The van der Waals surface area contributed by atoms with Gasteiger partial charge in [-0.05, 0) is 6.92 Å². The summed E-state index contributed by atoms with van der Waals surface area (Å²) in [6.07, 6.45) is -0.639. The Balaban J connectivity index is 2.48. The lowest BCUT2D eigenvalue weighted by molar-refractivity contribution is -0.138. The summed E-state index contributed by atoms with van der Waals surface area (Å²) in [4.78, 5) is 23.5. The largest absolute Gasteiger partial charge is 0.480 e. The third kappa shape index (κ3) is 3.10. The molecule has 0 spiro atoms. The predicted octanol–water partition coefficient (Wildman–Crippen LogP) is -0.607. The zero-order valence-electron chi connectivity index (χ0n) is 8.84. The van der Waals surface area contributed by atoms with Gasteiger partial charge in [-0.2, -0.15) is 5.26 Å². The number of hydrogen-bond donors (Lipinski definition) is 2. The van der Waals surface area contributed by atoms with E-state index in [1.54, 1.807) is 0 Å². The summed E-state index contributed by atoms with van der Waals surface area (Å²) in [5, 5.41) is 19.6. The van der Waals surface area contributed by atoms with E-state index in [4.69, 9.17) is 15.1 Å². The summed E-state index contributed by atoms with van der Waals surface area (Å²) in [5.41, 5.74) is 0. The van der Waals surface area contributed by atoms with Crippen molar-refractivity contribution in [2.24, 2.45) is 0 Å². The number of carbonyl (C=O) groups is 2. The molecular weight excluding hydrogens is 214 g/mol. The van der Waals surface area contributed by atoms with E-state index in [1.165, 1.54) is 11.8 Å². The number of rotatable bonds is 2. The predicted molar refractivity (Wildman–Crippen MR) is 52.6 cm³/mol. The first-order valence-electron chi connectivity index (χ1n) is 4.84. The van der Waals surface area contributed by atoms with E-state index >= 15 is 0 Å². The molecule has 0 aromatic heterocycles. The number of morpholine rings is 1. The molecule has 2 amide bonds. The number of nitrogens with zero attached hydrogens (tertiary/aromatic N) is 2. The van der Waals surface area contributed by atoms with Crippen LogP contribution in [0, 0.1) is 11.3 Å². The molecule has 1 aliphatic rings. The lowest BCUT2D eigenvalue weighted by atomic mass is 10.3. The highest BCUT2D eigenvalue weighted by Gasteiger charge is 2.25. The second-order valence-electron chi connectivity index (χ2n) is 3.44. The molecule has 0 bridgehead atoms. The number of carboxylic acid groups (broad SMARTS) is 1. The zero-order chi connectivity index (χ0) is 12.1. The molecule has 2 N–H and O–H groups in total. The second kappa shape index (κ2) is 5.32. The minimum atomic E-state index is -1.10. The summed E-state index contributed by atoms with van der Waals surface area (Å²) in [7, 11) is 0. The van der Waals surface area contributed by atoms with Crippen LogP contribution in [0.4, 0.5) is 4.79 Å². The van der Waals surface area contributed by atoms with E-state index in [0.29, 0.717) is 6.54 Å². The van der Waals surface area contributed by atoms with Crippen LogP contribution in [0.3, 0.4) is 0 Å². The third-order valence-electron chi connectivity index (χ3n) is 2.21. The Morgan fingerprint density at radius 3 is 2.94 bits per heavy atom. The fourth-order valence-corrected chi connectivity index (χ4v) is 1.25. The molecular formula is C9H13N3O4. The van der Waals surface area contributed by atoms with E-state index < -0.39 is 24.1 Å². The number of carbonyl (C=O) groups excluding carboxylic acids is 1. The number of ether oxygens (including phenoxy) is 1. The number of urea groups is 1. The smallest absolute Gasteiger partial charge is 0.325 e. The van der Waals surface area contributed by atoms with Gasteiger partial charge in [-0.15, -0.1) is 0 Å². The van der Waals surface area contributed by atoms with Crippen LogP contribution in [0.1, 0.15) is 6.92 Å². The van der Waals surface area contributed by atoms with Crippen LogP contribution in [-0.4, -0.2) is 53.8 Å². The maximum absolute atomic E-state index is 11.6. The van der Waals surface area contributed by atoms with Gasteiger partial charge in [-0.3, -0.25) is 4.79 Å². The Morgan fingerprint density at radius 1 is 1.69 bits per heavy atom. The monoisotopic (exact) mass is 227 g/mol. The van der Waals surface area contributed by atoms with Crippen LogP contribution in [0.15, 0.2) is 0 Å². The molecule has 0 aromatic rings. The first kappa shape index (κ1) is 12.3. The van der Waals surface area contributed by atoms with Crippen LogP contribution in [-0.2, 0) is 9.53 Å². The van der Waals surface area contributed by atoms with E-state index in [2.05, 4.69) is 5.32 Å². The van der Waals surface area contributed by atoms with Gasteiger partial charge in [0.15, 0.2) is 6.10 Å². The number of aliphatic carboxylic acids is 1. The molecule has 2 atom stereocenters. The molecule has 16 heavy (non-hydrogen) atoms. The molecule has 1 heterocycles. The normalized spacial score (nSPS) is 22.0. The third-order valence-corrected chi connectivity index (χ3v) is 2.21. The molecule has 1 saturated heterocycles. The number of nitriles is 1. The van der Waals surface area contributed by atoms with Crippen LogP contribution < -0.4 is 5.32 Å². The highest BCUT2D eigenvalue weighted by molar-refractivity contribution is 5.82. The standard InChI is InChI=1S/C9H13N3O4/c1-6(8(13)14)11-9(15)12-2-3-16-7(4-10)5-12/h6-7H,2-3,5H2,1H3,(H,11,15)(H,13,14)/t6-,7?/m0/s1. The van der Waals surface area contributed by atoms with Gasteiger partial charge in [0.1, 0.15) is 6.04 Å². The molecule has 1 aliphatic heterocycles. The van der Waals surface area contributed by atoms with Crippen molar-refractivity contribution in [1.82, 2.24) is 10.2 Å². The minimum absolute atomic E-state index is 0.161. The van der Waals surface area contributed by atoms with E-state index in [1.807, 2.05) is 6.07 Å². The number of carboxylic acids is 1. The molecule has 0 aromatic carbocycles. The van der Waals surface area contributed by atoms with Crippen molar-refractivity contribution in [2.45, 2.75) is 19.1 Å². The van der Waals surface area contributed by atoms with Crippen molar-refractivity contribution in [3.05, 3.63) is 0 Å². The van der Waals surface area contributed by atoms with Gasteiger partial charge in [0.2, 0.25) is 0 Å². The average molecular weight is 227 g/mol. The molecule has 7 nitrogen and oxygen atoms in total. The molecule has 88 valence electrons. The second-order valence-corrected chi connectivity index (χ2v) is 3.44. The van der Waals surface area contributed by atoms with Gasteiger partial charge in [0.25, 0.3) is 0 Å². The van der Waals surface area contributed by atoms with Gasteiger partial charge in [-0.25, -0.2) is 4.79 Å². The molecule has 1 fully saturated rings. The van der Waals surface area contributed by atoms with Crippen LogP contribution in [0.25, 0.3) is 0 Å². The van der Waals surface area contributed by atoms with Gasteiger partial charge in [-0.1, -0.05) is 0 Å². The first-order valence-corrected chi connectivity index (χ1v) is 4.84. The minimum Gasteiger partial charge on any atom is -0.480 e. The Kier molecular flexibility index (Phi) is 4.08. The Morgan fingerprint density at radius 2 is 2.38 bits per heavy atom. The maximum atomic E-state index is 11.6. The van der Waals surface area contributed by atoms with Crippen molar-refractivity contribution in [3.63, 3.8) is 0 Å². The summed E-state index contributed by atoms with van der Waals surface area (Å²) >= 11 is 0. The number of nitrogens with one attached hydrogen (secondary N) is 1. The summed E-state index contributed by atoms with van der Waals surface area (Å²) in [5.74, 6) is -1.10. The zero-order valence-corrected chi connectivity index (χ0v) is 8.84. The van der Waals surface area contributed by atoms with Crippen molar-refractivity contribution in [2.75, 3.05) is 19.7 Å². The van der Waals surface area contributed by atoms with Gasteiger partial charge >= 0.3 is 12.0 Å². The van der Waals surface area contributed by atoms with Crippen LogP contribution in [0.5, 0.6) is 0 Å². The number of amides is 2. The topological polar surface area (TPSA) is 103 Å². The highest BCUT2D eigenvalue weighted by Crippen LogP contribution is 2.04. The molecule has 0 aliphatic carbocycles. The molecule has 0 saturated carbocycles. The fraction of sp³-hybridized carbons (Fsp3) is 0.667. The van der Waals surface area contributed by atoms with Gasteiger partial charge < -0.3 is 20.1 Å². The Hall–Kier alpha value is -1.81. The van der Waals surface area contributed by atoms with E-state index in [0.717, 1.165) is 0 Å². The molecule has 1 rings (SSSR count). The Labute approximate surface area is 92.6 Å². The van der Waals surface area contributed by atoms with Crippen molar-refractivity contribution >= 4 is 12.0 Å². The van der Waals surface area contributed by atoms with Gasteiger partial charge in [0.05, 0.1) is 19.2 Å². The summed E-state index contributed by atoms with van der Waals surface area (Å²) in [6, 6.07) is 0.469. The average Bonchev–Trinajstić information content (AvgIpc) is 2.28. The van der Waals surface area contributed by atoms with E-state index in [9.17, 15) is 9.59 Å². The SMILES string of the molecule is C[C@H](NC(=O)N1CCOC(C#N)C1)C(=O)O.